The number of aliphatic hydroxyl groups is 1. The summed E-state index contributed by atoms with van der Waals surface area (Å²) in [5, 5.41) is 24.6. The highest BCUT2D eigenvalue weighted by Gasteiger charge is 2.31. The molecule has 10 nitrogen and oxygen atoms in total. The third kappa shape index (κ3) is 7.81. The molecular formula is C32H37N3O7S. The van der Waals surface area contributed by atoms with Crippen LogP contribution in [0.3, 0.4) is 0 Å². The zero-order chi connectivity index (χ0) is 31.3. The molecule has 1 heterocycles. The number of hydrogen-bond acceptors (Lipinski definition) is 8. The summed E-state index contributed by atoms with van der Waals surface area (Å²) < 4.78 is 33.7. The number of hydrogen-bond donors (Lipinski definition) is 4. The van der Waals surface area contributed by atoms with Crippen LogP contribution in [0.1, 0.15) is 30.5 Å². The number of phenolic OH excluding ortho intramolecular Hbond substituents is 1. The molecule has 1 aromatic heterocycles. The lowest BCUT2D eigenvalue weighted by Crippen LogP contribution is -2.51. The van der Waals surface area contributed by atoms with Gasteiger partial charge in [0.25, 0.3) is 0 Å². The second kappa shape index (κ2) is 13.4. The molecule has 11 heteroatoms. The molecule has 0 fully saturated rings. The highest BCUT2D eigenvalue weighted by molar-refractivity contribution is 7.89. The molecule has 4 rings (SSSR count). The van der Waals surface area contributed by atoms with Crippen LogP contribution in [-0.4, -0.2) is 54.1 Å². The fraction of sp³-hybridized carbons (Fsp3) is 0.312. The molecular weight excluding hydrogens is 570 g/mol. The number of nitrogens with one attached hydrogen (secondary N) is 1. The van der Waals surface area contributed by atoms with Crippen molar-refractivity contribution in [3.63, 3.8) is 0 Å². The lowest BCUT2D eigenvalue weighted by Gasteiger charge is -2.31. The van der Waals surface area contributed by atoms with Crippen LogP contribution in [0, 0.1) is 12.8 Å². The number of fused-ring (bicyclic) bond motifs is 1. The fourth-order valence-electron chi connectivity index (χ4n) is 4.96. The van der Waals surface area contributed by atoms with Crippen LogP contribution in [0.25, 0.3) is 11.0 Å². The smallest absolute Gasteiger partial charge is 0.340 e. The summed E-state index contributed by atoms with van der Waals surface area (Å²) >= 11 is 0. The first-order valence-electron chi connectivity index (χ1n) is 14.0. The van der Waals surface area contributed by atoms with Gasteiger partial charge in [-0.2, -0.15) is 4.31 Å². The number of benzene rings is 3. The zero-order valence-corrected chi connectivity index (χ0v) is 25.2. The van der Waals surface area contributed by atoms with Gasteiger partial charge in [-0.15, -0.1) is 0 Å². The summed E-state index contributed by atoms with van der Waals surface area (Å²) in [4.78, 5) is 26.2. The van der Waals surface area contributed by atoms with Gasteiger partial charge in [-0.1, -0.05) is 44.2 Å². The third-order valence-corrected chi connectivity index (χ3v) is 9.04. The number of nitrogens with zero attached hydrogens (tertiary/aromatic N) is 1. The van der Waals surface area contributed by atoms with E-state index in [1.165, 1.54) is 40.7 Å². The topological polar surface area (TPSA) is 163 Å². The van der Waals surface area contributed by atoms with E-state index in [4.69, 9.17) is 10.2 Å². The quantitative estimate of drug-likeness (QED) is 0.141. The van der Waals surface area contributed by atoms with Gasteiger partial charge >= 0.3 is 5.63 Å². The molecule has 1 amide bonds. The normalized spacial score (nSPS) is 13.3. The minimum Gasteiger partial charge on any atom is -0.508 e. The van der Waals surface area contributed by atoms with Crippen molar-refractivity contribution >= 4 is 32.6 Å². The van der Waals surface area contributed by atoms with E-state index in [1.807, 2.05) is 44.2 Å². The Balaban J connectivity index is 1.61. The van der Waals surface area contributed by atoms with Crippen LogP contribution in [0.15, 0.2) is 86.9 Å². The van der Waals surface area contributed by atoms with Crippen molar-refractivity contribution in [3.8, 4) is 5.75 Å². The van der Waals surface area contributed by atoms with Crippen molar-refractivity contribution in [2.24, 2.45) is 5.92 Å². The van der Waals surface area contributed by atoms with E-state index < -0.39 is 33.7 Å². The van der Waals surface area contributed by atoms with E-state index >= 15 is 0 Å². The van der Waals surface area contributed by atoms with Gasteiger partial charge in [0.1, 0.15) is 11.3 Å². The number of nitrogen functional groups attached to an aromatic ring is 1. The largest absolute Gasteiger partial charge is 0.508 e. The Bertz CT molecular complexity index is 1740. The standard InChI is InChI=1S/C32H37N3O7S/c1-20(2)18-35(43(40,41)25-12-9-23(33)10-13-25)19-29(37)28(15-22-7-5-4-6-8-22)34-31(38)17-27-21(3)26-14-11-24(36)16-30(26)42-32(27)39/h4-14,16,20,28-29,36-37H,15,17-19,33H2,1-3H3,(H,34,38)/t28-,29+/m0/s1. The minimum absolute atomic E-state index is 0.0463. The van der Waals surface area contributed by atoms with E-state index in [0.29, 0.717) is 16.6 Å². The number of sulfonamides is 1. The third-order valence-electron chi connectivity index (χ3n) is 7.19. The first kappa shape index (κ1) is 31.7. The molecule has 43 heavy (non-hydrogen) atoms. The molecule has 0 unspecified atom stereocenters. The molecule has 0 bridgehead atoms. The number of aliphatic hydroxyl groups excluding tert-OH is 1. The maximum Gasteiger partial charge on any atom is 0.340 e. The Morgan fingerprint density at radius 3 is 2.35 bits per heavy atom. The molecule has 2 atom stereocenters. The summed E-state index contributed by atoms with van der Waals surface area (Å²) in [5.74, 6) is -0.636. The van der Waals surface area contributed by atoms with Gasteiger partial charge in [0.2, 0.25) is 15.9 Å². The summed E-state index contributed by atoms with van der Waals surface area (Å²) in [6.45, 7) is 5.31. The molecule has 0 aliphatic carbocycles. The van der Waals surface area contributed by atoms with Crippen molar-refractivity contribution in [1.82, 2.24) is 9.62 Å². The number of rotatable bonds is 12. The van der Waals surface area contributed by atoms with Gasteiger partial charge in [-0.3, -0.25) is 4.79 Å². The van der Waals surface area contributed by atoms with Crippen LogP contribution < -0.4 is 16.7 Å². The van der Waals surface area contributed by atoms with Gasteiger partial charge in [-0.05, 0) is 66.8 Å². The van der Waals surface area contributed by atoms with Gasteiger partial charge in [0.15, 0.2) is 0 Å². The highest BCUT2D eigenvalue weighted by Crippen LogP contribution is 2.24. The second-order valence-corrected chi connectivity index (χ2v) is 13.0. The Hall–Kier alpha value is -4.19. The maximum absolute atomic E-state index is 13.6. The van der Waals surface area contributed by atoms with Gasteiger partial charge in [0.05, 0.1) is 29.0 Å². The highest BCUT2D eigenvalue weighted by atomic mass is 32.2. The number of carbonyl (C=O) groups excluding carboxylic acids is 1. The van der Waals surface area contributed by atoms with E-state index in [1.54, 1.807) is 13.0 Å². The number of amides is 1. The van der Waals surface area contributed by atoms with Crippen molar-refractivity contribution in [1.29, 1.82) is 0 Å². The van der Waals surface area contributed by atoms with E-state index in [-0.39, 0.29) is 53.6 Å². The summed E-state index contributed by atoms with van der Waals surface area (Å²) in [7, 11) is -3.99. The molecule has 5 N–H and O–H groups in total. The Morgan fingerprint density at radius 1 is 1.02 bits per heavy atom. The Labute approximate surface area is 250 Å². The molecule has 4 aromatic rings. The minimum atomic E-state index is -3.99. The average Bonchev–Trinajstić information content (AvgIpc) is 2.95. The molecule has 228 valence electrons. The second-order valence-electron chi connectivity index (χ2n) is 11.1. The predicted octanol–water partition coefficient (Wildman–Crippen LogP) is 3.37. The molecule has 0 aliphatic rings. The molecule has 0 saturated carbocycles. The molecule has 3 aromatic carbocycles. The van der Waals surface area contributed by atoms with Crippen LogP contribution >= 0.6 is 0 Å². The number of nitrogens with two attached hydrogens (primary N) is 1. The van der Waals surface area contributed by atoms with E-state index in [2.05, 4.69) is 5.32 Å². The molecule has 0 radical (unpaired) electrons. The van der Waals surface area contributed by atoms with Gasteiger partial charge in [-0.25, -0.2) is 13.2 Å². The van der Waals surface area contributed by atoms with E-state index in [9.17, 15) is 28.2 Å². The Kier molecular flexibility index (Phi) is 9.90. The van der Waals surface area contributed by atoms with Crippen LogP contribution in [0.5, 0.6) is 5.75 Å². The predicted molar refractivity (Wildman–Crippen MR) is 165 cm³/mol. The van der Waals surface area contributed by atoms with Crippen LogP contribution in [0.4, 0.5) is 5.69 Å². The number of anilines is 1. The van der Waals surface area contributed by atoms with Crippen LogP contribution in [-0.2, 0) is 27.7 Å². The van der Waals surface area contributed by atoms with Crippen molar-refractivity contribution in [2.75, 3.05) is 18.8 Å². The van der Waals surface area contributed by atoms with Crippen molar-refractivity contribution in [3.05, 3.63) is 99.9 Å². The van der Waals surface area contributed by atoms with Crippen molar-refractivity contribution < 1.29 is 27.8 Å². The zero-order valence-electron chi connectivity index (χ0n) is 24.4. The monoisotopic (exact) mass is 607 g/mol. The molecule has 0 spiro atoms. The molecule has 0 aliphatic heterocycles. The number of carbonyl (C=O) groups is 1. The number of aryl methyl sites for hydroxylation is 1. The number of aromatic hydroxyl groups is 1. The Morgan fingerprint density at radius 2 is 1.70 bits per heavy atom. The SMILES string of the molecule is Cc1c(CC(=O)N[C@@H](Cc2ccccc2)[C@H](O)CN(CC(C)C)S(=O)(=O)c2ccc(N)cc2)c(=O)oc2cc(O)ccc12. The fourth-order valence-corrected chi connectivity index (χ4v) is 6.58. The number of phenols is 1. The summed E-state index contributed by atoms with van der Waals surface area (Å²) in [5.41, 5.74) is 7.19. The van der Waals surface area contributed by atoms with Crippen LogP contribution in [0.2, 0.25) is 0 Å². The first-order valence-corrected chi connectivity index (χ1v) is 15.4. The maximum atomic E-state index is 13.6. The lowest BCUT2D eigenvalue weighted by molar-refractivity contribution is -0.122. The summed E-state index contributed by atoms with van der Waals surface area (Å²) in [6.07, 6.45) is -1.39. The molecule has 0 saturated heterocycles. The van der Waals surface area contributed by atoms with Crippen molar-refractivity contribution in [2.45, 2.75) is 50.7 Å². The summed E-state index contributed by atoms with van der Waals surface area (Å²) in [6, 6.07) is 18.6. The lowest BCUT2D eigenvalue weighted by atomic mass is 9.99. The van der Waals surface area contributed by atoms with Gasteiger partial charge in [0, 0.05) is 30.2 Å². The van der Waals surface area contributed by atoms with E-state index in [0.717, 1.165) is 5.56 Å². The first-order chi connectivity index (χ1) is 20.3. The van der Waals surface area contributed by atoms with Gasteiger partial charge < -0.3 is 25.7 Å². The average molecular weight is 608 g/mol.